The number of benzene rings is 2. The number of pyridine rings is 1. The number of nitrogens with zero attached hydrogens (tertiary/aromatic N) is 2. The maximum atomic E-state index is 13.4. The summed E-state index contributed by atoms with van der Waals surface area (Å²) in [5.41, 5.74) is 10.6. The number of halogens is 1. The summed E-state index contributed by atoms with van der Waals surface area (Å²) in [6, 6.07) is 14.9. The standard InChI is InChI=1S/C19H16FN3/c1-11-9-14(20)7-8-15(11)17-18(21)23-12(2)10-13-5-3-4-6-16(13)19(23)22-17/h3-10H,21H2,1-2H3. The number of imidazole rings is 1. The van der Waals surface area contributed by atoms with Gasteiger partial charge in [-0.1, -0.05) is 24.3 Å². The second-order valence-electron chi connectivity index (χ2n) is 5.84. The predicted molar refractivity (Wildman–Crippen MR) is 92.0 cm³/mol. The summed E-state index contributed by atoms with van der Waals surface area (Å²) in [5, 5.41) is 2.18. The van der Waals surface area contributed by atoms with Crippen LogP contribution in [-0.4, -0.2) is 9.38 Å². The number of hydrogen-bond acceptors (Lipinski definition) is 2. The van der Waals surface area contributed by atoms with Crippen LogP contribution in [-0.2, 0) is 0 Å². The van der Waals surface area contributed by atoms with Crippen LogP contribution in [0.1, 0.15) is 11.3 Å². The van der Waals surface area contributed by atoms with Crippen molar-refractivity contribution in [2.45, 2.75) is 13.8 Å². The molecule has 0 aliphatic rings. The van der Waals surface area contributed by atoms with Crippen LogP contribution in [0.3, 0.4) is 0 Å². The first-order valence-corrected chi connectivity index (χ1v) is 7.49. The minimum Gasteiger partial charge on any atom is -0.383 e. The van der Waals surface area contributed by atoms with Gasteiger partial charge in [-0.2, -0.15) is 0 Å². The van der Waals surface area contributed by atoms with Crippen LogP contribution >= 0.6 is 0 Å². The summed E-state index contributed by atoms with van der Waals surface area (Å²) in [6.07, 6.45) is 0. The molecule has 2 aromatic carbocycles. The van der Waals surface area contributed by atoms with Crippen molar-refractivity contribution in [3.63, 3.8) is 0 Å². The zero-order chi connectivity index (χ0) is 16.1. The molecule has 4 heteroatoms. The highest BCUT2D eigenvalue weighted by Crippen LogP contribution is 2.33. The molecule has 23 heavy (non-hydrogen) atoms. The summed E-state index contributed by atoms with van der Waals surface area (Å²) in [6.45, 7) is 3.88. The third-order valence-corrected chi connectivity index (χ3v) is 4.28. The van der Waals surface area contributed by atoms with Gasteiger partial charge in [0.05, 0.1) is 0 Å². The Bertz CT molecular complexity index is 1060. The van der Waals surface area contributed by atoms with E-state index < -0.39 is 0 Å². The highest BCUT2D eigenvalue weighted by molar-refractivity contribution is 5.97. The molecule has 0 spiro atoms. The van der Waals surface area contributed by atoms with E-state index in [1.165, 1.54) is 12.1 Å². The average molecular weight is 305 g/mol. The van der Waals surface area contributed by atoms with Gasteiger partial charge in [-0.05, 0) is 49.1 Å². The lowest BCUT2D eigenvalue weighted by Crippen LogP contribution is -1.98. The monoisotopic (exact) mass is 305 g/mol. The molecule has 0 fully saturated rings. The predicted octanol–water partition coefficient (Wildman–Crippen LogP) is 4.49. The summed E-state index contributed by atoms with van der Waals surface area (Å²) < 4.78 is 15.3. The molecule has 114 valence electrons. The molecule has 0 aliphatic carbocycles. The number of aromatic nitrogens is 2. The number of fused-ring (bicyclic) bond motifs is 3. The maximum absolute atomic E-state index is 13.4. The van der Waals surface area contributed by atoms with Gasteiger partial charge in [0.25, 0.3) is 0 Å². The Kier molecular flexibility index (Phi) is 2.88. The van der Waals surface area contributed by atoms with Gasteiger partial charge in [0.2, 0.25) is 0 Å². The molecule has 4 aromatic rings. The van der Waals surface area contributed by atoms with Crippen molar-refractivity contribution >= 4 is 22.2 Å². The Labute approximate surface area is 133 Å². The van der Waals surface area contributed by atoms with Crippen LogP contribution in [0.5, 0.6) is 0 Å². The van der Waals surface area contributed by atoms with Crippen molar-refractivity contribution in [2.75, 3.05) is 5.73 Å². The number of aryl methyl sites for hydroxylation is 2. The Morgan fingerprint density at radius 1 is 1.04 bits per heavy atom. The van der Waals surface area contributed by atoms with Crippen molar-refractivity contribution in [3.05, 3.63) is 65.6 Å². The molecule has 0 amide bonds. The van der Waals surface area contributed by atoms with Gasteiger partial charge in [0.15, 0.2) is 0 Å². The molecule has 0 atom stereocenters. The van der Waals surface area contributed by atoms with Gasteiger partial charge >= 0.3 is 0 Å². The Morgan fingerprint density at radius 2 is 1.83 bits per heavy atom. The fourth-order valence-electron chi connectivity index (χ4n) is 3.18. The average Bonchev–Trinajstić information content (AvgIpc) is 2.86. The molecule has 0 radical (unpaired) electrons. The third-order valence-electron chi connectivity index (χ3n) is 4.28. The van der Waals surface area contributed by atoms with Gasteiger partial charge in [-0.25, -0.2) is 9.37 Å². The second kappa shape index (κ2) is 4.81. The highest BCUT2D eigenvalue weighted by Gasteiger charge is 2.16. The van der Waals surface area contributed by atoms with Crippen molar-refractivity contribution in [1.29, 1.82) is 0 Å². The molecule has 0 aliphatic heterocycles. The van der Waals surface area contributed by atoms with Crippen LogP contribution in [0, 0.1) is 19.7 Å². The molecule has 0 saturated heterocycles. The van der Waals surface area contributed by atoms with E-state index in [4.69, 9.17) is 10.7 Å². The van der Waals surface area contributed by atoms with E-state index in [1.807, 2.05) is 36.4 Å². The van der Waals surface area contributed by atoms with E-state index in [0.29, 0.717) is 11.5 Å². The minimum atomic E-state index is -0.254. The fraction of sp³-hybridized carbons (Fsp3) is 0.105. The Balaban J connectivity index is 2.11. The molecule has 2 heterocycles. The molecule has 0 bridgehead atoms. The van der Waals surface area contributed by atoms with Crippen LogP contribution in [0.15, 0.2) is 48.5 Å². The fourth-order valence-corrected chi connectivity index (χ4v) is 3.18. The Morgan fingerprint density at radius 3 is 2.61 bits per heavy atom. The van der Waals surface area contributed by atoms with E-state index >= 15 is 0 Å². The van der Waals surface area contributed by atoms with Gasteiger partial charge in [-0.15, -0.1) is 0 Å². The summed E-state index contributed by atoms with van der Waals surface area (Å²) in [4.78, 5) is 4.78. The lowest BCUT2D eigenvalue weighted by molar-refractivity contribution is 0.627. The van der Waals surface area contributed by atoms with Crippen molar-refractivity contribution in [1.82, 2.24) is 9.38 Å². The second-order valence-corrected chi connectivity index (χ2v) is 5.84. The summed E-state index contributed by atoms with van der Waals surface area (Å²) in [7, 11) is 0. The van der Waals surface area contributed by atoms with E-state index in [-0.39, 0.29) is 5.82 Å². The summed E-state index contributed by atoms with van der Waals surface area (Å²) in [5.74, 6) is 0.327. The van der Waals surface area contributed by atoms with Crippen molar-refractivity contribution in [3.8, 4) is 11.3 Å². The van der Waals surface area contributed by atoms with Crippen LogP contribution in [0.25, 0.3) is 27.7 Å². The van der Waals surface area contributed by atoms with Gasteiger partial charge in [0, 0.05) is 16.6 Å². The third kappa shape index (κ3) is 1.99. The summed E-state index contributed by atoms with van der Waals surface area (Å²) >= 11 is 0. The zero-order valence-electron chi connectivity index (χ0n) is 13.0. The highest BCUT2D eigenvalue weighted by atomic mass is 19.1. The van der Waals surface area contributed by atoms with Gasteiger partial charge in [-0.3, -0.25) is 4.40 Å². The number of hydrogen-bond donors (Lipinski definition) is 1. The molecule has 0 saturated carbocycles. The van der Waals surface area contributed by atoms with Crippen LogP contribution in [0.4, 0.5) is 10.2 Å². The topological polar surface area (TPSA) is 43.3 Å². The number of nitrogen functional groups attached to an aromatic ring is 1. The van der Waals surface area contributed by atoms with Gasteiger partial charge in [0.1, 0.15) is 23.0 Å². The quantitative estimate of drug-likeness (QED) is 0.563. The molecular weight excluding hydrogens is 289 g/mol. The van der Waals surface area contributed by atoms with Crippen LogP contribution < -0.4 is 5.73 Å². The molecule has 2 aromatic heterocycles. The first kappa shape index (κ1) is 13.8. The van der Waals surface area contributed by atoms with E-state index in [0.717, 1.165) is 33.2 Å². The van der Waals surface area contributed by atoms with Crippen molar-refractivity contribution < 1.29 is 4.39 Å². The largest absolute Gasteiger partial charge is 0.383 e. The first-order valence-electron chi connectivity index (χ1n) is 7.49. The van der Waals surface area contributed by atoms with E-state index in [1.54, 1.807) is 6.07 Å². The normalized spacial score (nSPS) is 11.4. The van der Waals surface area contributed by atoms with E-state index in [2.05, 4.69) is 12.1 Å². The number of anilines is 1. The number of rotatable bonds is 1. The van der Waals surface area contributed by atoms with Gasteiger partial charge < -0.3 is 5.73 Å². The molecule has 2 N–H and O–H groups in total. The smallest absolute Gasteiger partial charge is 0.147 e. The molecule has 0 unspecified atom stereocenters. The first-order chi connectivity index (χ1) is 11.1. The molecule has 4 rings (SSSR count). The lowest BCUT2D eigenvalue weighted by atomic mass is 10.1. The lowest BCUT2D eigenvalue weighted by Gasteiger charge is -2.06. The Hall–Kier alpha value is -2.88. The van der Waals surface area contributed by atoms with Crippen LogP contribution in [0.2, 0.25) is 0 Å². The molecule has 3 nitrogen and oxygen atoms in total. The maximum Gasteiger partial charge on any atom is 0.147 e. The minimum absolute atomic E-state index is 0.254. The molecular formula is C19H16FN3. The number of nitrogens with two attached hydrogens (primary N) is 1. The SMILES string of the molecule is Cc1cc(F)ccc1-c1nc2c3ccccc3cc(C)n2c1N. The zero-order valence-corrected chi connectivity index (χ0v) is 13.0. The van der Waals surface area contributed by atoms with E-state index in [9.17, 15) is 4.39 Å². The van der Waals surface area contributed by atoms with Crippen molar-refractivity contribution in [2.24, 2.45) is 0 Å².